The molecular weight excluding hydrogens is 510 g/mol. The van der Waals surface area contributed by atoms with Gasteiger partial charge in [0.05, 0.1) is 35.3 Å². The fraction of sp³-hybridized carbons (Fsp3) is 0.407. The van der Waals surface area contributed by atoms with Gasteiger partial charge in [0, 0.05) is 21.9 Å². The zero-order valence-electron chi connectivity index (χ0n) is 20.6. The Morgan fingerprint density at radius 2 is 1.84 bits per heavy atom. The average Bonchev–Trinajstić information content (AvgIpc) is 3.61. The molecule has 0 unspecified atom stereocenters. The van der Waals surface area contributed by atoms with Crippen molar-refractivity contribution >= 4 is 52.1 Å². The summed E-state index contributed by atoms with van der Waals surface area (Å²) in [6, 6.07) is 9.04. The maximum absolute atomic E-state index is 13.8. The van der Waals surface area contributed by atoms with E-state index in [0.717, 1.165) is 42.4 Å². The lowest BCUT2D eigenvalue weighted by Gasteiger charge is -2.37. The second-order valence-electron chi connectivity index (χ2n) is 9.56. The Morgan fingerprint density at radius 1 is 1.11 bits per heavy atom. The molecule has 5 rings (SSSR count). The highest BCUT2D eigenvalue weighted by Gasteiger charge is 2.36. The number of hydrogen-bond donors (Lipinski definition) is 1. The number of amides is 2. The van der Waals surface area contributed by atoms with Gasteiger partial charge in [-0.15, -0.1) is 22.7 Å². The summed E-state index contributed by atoms with van der Waals surface area (Å²) in [6.45, 7) is 3.17. The van der Waals surface area contributed by atoms with Crippen LogP contribution in [0.4, 0.5) is 11.4 Å². The van der Waals surface area contributed by atoms with Gasteiger partial charge in [0.25, 0.3) is 5.91 Å². The molecule has 2 amide bonds. The second kappa shape index (κ2) is 11.6. The molecule has 1 saturated carbocycles. The molecule has 1 saturated heterocycles. The summed E-state index contributed by atoms with van der Waals surface area (Å²) in [5.41, 5.74) is 4.14. The number of nitrogens with one attached hydrogen (secondary N) is 1. The first kappa shape index (κ1) is 25.7. The number of benzene rings is 1. The summed E-state index contributed by atoms with van der Waals surface area (Å²) < 4.78 is 11.1. The molecule has 194 valence electrons. The average molecular weight is 540 g/mol. The fourth-order valence-electron chi connectivity index (χ4n) is 4.87. The minimum absolute atomic E-state index is 0.0403. The smallest absolute Gasteiger partial charge is 0.275 e. The maximum atomic E-state index is 13.8. The molecule has 1 N–H and O–H groups in total. The number of thiophene rings is 1. The summed E-state index contributed by atoms with van der Waals surface area (Å²) in [5, 5.41) is 4.53. The van der Waals surface area contributed by atoms with E-state index in [2.05, 4.69) is 17.2 Å². The van der Waals surface area contributed by atoms with E-state index in [1.807, 2.05) is 30.3 Å². The number of nitrogens with zero attached hydrogens (tertiary/aromatic N) is 2. The van der Waals surface area contributed by atoms with Crippen LogP contribution in [-0.2, 0) is 14.3 Å². The predicted octanol–water partition coefficient (Wildman–Crippen LogP) is 5.47. The molecule has 1 aliphatic carbocycles. The van der Waals surface area contributed by atoms with Gasteiger partial charge >= 0.3 is 0 Å². The van der Waals surface area contributed by atoms with Gasteiger partial charge in [-0.1, -0.05) is 19.1 Å². The van der Waals surface area contributed by atoms with E-state index >= 15 is 0 Å². The molecule has 1 aromatic carbocycles. The first-order chi connectivity index (χ1) is 18.0. The zero-order chi connectivity index (χ0) is 25.8. The van der Waals surface area contributed by atoms with Crippen molar-refractivity contribution in [2.24, 2.45) is 11.8 Å². The van der Waals surface area contributed by atoms with E-state index in [9.17, 15) is 14.4 Å². The fourth-order valence-corrected chi connectivity index (χ4v) is 6.38. The summed E-state index contributed by atoms with van der Waals surface area (Å²) in [5.74, 6) is 0.338. The molecule has 37 heavy (non-hydrogen) atoms. The molecular formula is C27H29N3O5S2. The van der Waals surface area contributed by atoms with Gasteiger partial charge in [-0.2, -0.15) is 0 Å². The highest BCUT2D eigenvalue weighted by Crippen LogP contribution is 2.39. The van der Waals surface area contributed by atoms with E-state index in [1.165, 1.54) is 22.7 Å². The van der Waals surface area contributed by atoms with Crippen LogP contribution in [0.2, 0.25) is 0 Å². The molecule has 0 spiro atoms. The van der Waals surface area contributed by atoms with Crippen molar-refractivity contribution in [3.63, 3.8) is 0 Å². The Labute approximate surface area is 223 Å². The van der Waals surface area contributed by atoms with Gasteiger partial charge < -0.3 is 19.7 Å². The molecule has 2 aromatic heterocycles. The predicted molar refractivity (Wildman–Crippen MR) is 144 cm³/mol. The van der Waals surface area contributed by atoms with E-state index < -0.39 is 0 Å². The third-order valence-electron chi connectivity index (χ3n) is 6.95. The van der Waals surface area contributed by atoms with E-state index in [1.54, 1.807) is 15.8 Å². The van der Waals surface area contributed by atoms with Crippen LogP contribution >= 0.6 is 22.7 Å². The minimum atomic E-state index is -0.287. The van der Waals surface area contributed by atoms with Gasteiger partial charge in [-0.05, 0) is 55.4 Å². The zero-order valence-corrected chi connectivity index (χ0v) is 22.2. The number of hydrogen-bond acceptors (Lipinski definition) is 8. The summed E-state index contributed by atoms with van der Waals surface area (Å²) in [6.07, 6.45) is 4.59. The van der Waals surface area contributed by atoms with E-state index in [0.29, 0.717) is 41.1 Å². The van der Waals surface area contributed by atoms with Crippen LogP contribution in [0, 0.1) is 11.8 Å². The summed E-state index contributed by atoms with van der Waals surface area (Å²) >= 11 is 2.71. The number of anilines is 2. The molecule has 0 atom stereocenters. The first-order valence-corrected chi connectivity index (χ1v) is 14.2. The lowest BCUT2D eigenvalue weighted by Crippen LogP contribution is -2.51. The van der Waals surface area contributed by atoms with Crippen molar-refractivity contribution in [2.75, 3.05) is 30.2 Å². The van der Waals surface area contributed by atoms with Gasteiger partial charge in [0.1, 0.15) is 12.5 Å². The minimum Gasteiger partial charge on any atom is -0.353 e. The van der Waals surface area contributed by atoms with Crippen molar-refractivity contribution in [1.29, 1.82) is 0 Å². The normalized spacial score (nSPS) is 20.4. The Morgan fingerprint density at radius 3 is 2.49 bits per heavy atom. The third kappa shape index (κ3) is 5.82. The van der Waals surface area contributed by atoms with Gasteiger partial charge in [-0.25, -0.2) is 4.98 Å². The molecule has 0 radical (unpaired) electrons. The Balaban J connectivity index is 1.40. The lowest BCUT2D eigenvalue weighted by molar-refractivity contribution is -0.131. The van der Waals surface area contributed by atoms with Crippen molar-refractivity contribution in [3.8, 4) is 10.4 Å². The van der Waals surface area contributed by atoms with Crippen LogP contribution < -0.4 is 10.2 Å². The highest BCUT2D eigenvalue weighted by atomic mass is 32.1. The summed E-state index contributed by atoms with van der Waals surface area (Å²) in [4.78, 5) is 45.4. The Hall–Kier alpha value is -2.92. The first-order valence-electron chi connectivity index (χ1n) is 12.4. The van der Waals surface area contributed by atoms with Crippen LogP contribution in [0.5, 0.6) is 0 Å². The number of aromatic nitrogens is 1. The second-order valence-corrected chi connectivity index (χ2v) is 11.4. The highest BCUT2D eigenvalue weighted by molar-refractivity contribution is 7.17. The maximum Gasteiger partial charge on any atom is 0.275 e. The molecule has 10 heteroatoms. The molecule has 2 fully saturated rings. The van der Waals surface area contributed by atoms with Crippen LogP contribution in [0.15, 0.2) is 41.2 Å². The van der Waals surface area contributed by atoms with Crippen LogP contribution in [0.25, 0.3) is 10.4 Å². The molecule has 0 bridgehead atoms. The van der Waals surface area contributed by atoms with Gasteiger partial charge in [0.15, 0.2) is 6.29 Å². The number of thiazole rings is 1. The number of aldehydes is 1. The standard InChI is InChI=1S/C27H29N3O5S2/c1-17-2-4-19(5-3-17)27(33)30(21-12-34-16-35-13-21)23-10-24(37-25(23)11-31)18-6-8-20(9-7-18)29-26(32)22-14-36-15-28-22/h6-11,14-15,17,19,21H,2-5,12-13,16H2,1H3,(H,29,32)/t17-,19-. The monoisotopic (exact) mass is 539 g/mol. The van der Waals surface area contributed by atoms with Gasteiger partial charge in [0.2, 0.25) is 5.91 Å². The van der Waals surface area contributed by atoms with Crippen molar-refractivity contribution in [2.45, 2.75) is 38.6 Å². The number of carbonyl (C=O) groups excluding carboxylic acids is 3. The van der Waals surface area contributed by atoms with Gasteiger partial charge in [-0.3, -0.25) is 14.4 Å². The molecule has 8 nitrogen and oxygen atoms in total. The molecule has 1 aliphatic heterocycles. The number of rotatable bonds is 7. The SMILES string of the molecule is C[C@H]1CC[C@H](C(=O)N(c2cc(-c3ccc(NC(=O)c4cscn4)cc3)sc2C=O)C2COCOC2)CC1. The molecule has 2 aliphatic rings. The Kier molecular flexibility index (Phi) is 8.09. The quantitative estimate of drug-likeness (QED) is 0.400. The van der Waals surface area contributed by atoms with E-state index in [4.69, 9.17) is 9.47 Å². The van der Waals surface area contributed by atoms with Crippen molar-refractivity contribution in [3.05, 3.63) is 51.8 Å². The largest absolute Gasteiger partial charge is 0.353 e. The lowest BCUT2D eigenvalue weighted by atomic mass is 9.82. The van der Waals surface area contributed by atoms with Crippen molar-refractivity contribution < 1.29 is 23.9 Å². The van der Waals surface area contributed by atoms with E-state index in [-0.39, 0.29) is 30.6 Å². The van der Waals surface area contributed by atoms with Crippen LogP contribution in [0.3, 0.4) is 0 Å². The van der Waals surface area contributed by atoms with Crippen molar-refractivity contribution in [1.82, 2.24) is 4.98 Å². The summed E-state index contributed by atoms with van der Waals surface area (Å²) in [7, 11) is 0. The number of carbonyl (C=O) groups is 3. The van der Waals surface area contributed by atoms with Crippen LogP contribution in [0.1, 0.15) is 52.8 Å². The third-order valence-corrected chi connectivity index (χ3v) is 8.64. The molecule has 3 heterocycles. The van der Waals surface area contributed by atoms with Crippen LogP contribution in [-0.4, -0.2) is 49.1 Å². The molecule has 3 aromatic rings. The Bertz CT molecular complexity index is 1230. The number of ether oxygens (including phenoxy) is 2. The topological polar surface area (TPSA) is 97.8 Å².